The Bertz CT molecular complexity index is 428. The first-order valence-electron chi connectivity index (χ1n) is 6.12. The number of rotatable bonds is 6. The molecule has 0 fully saturated rings. The van der Waals surface area contributed by atoms with Gasteiger partial charge in [0.2, 0.25) is 0 Å². The molecule has 0 N–H and O–H groups in total. The quantitative estimate of drug-likeness (QED) is 0.735. The number of methoxy groups -OCH3 is 2. The molecule has 5 heteroatoms. The van der Waals surface area contributed by atoms with Crippen molar-refractivity contribution in [2.24, 2.45) is 0 Å². The minimum atomic E-state index is -0.421. The van der Waals surface area contributed by atoms with Gasteiger partial charge in [-0.05, 0) is 30.7 Å². The van der Waals surface area contributed by atoms with Crippen molar-refractivity contribution >= 4 is 11.9 Å². The Balaban J connectivity index is 2.82. The SMILES string of the molecule is CCCN(CC(=O)OC)C(=O)c1ccc(OC)cc1. The molecule has 5 nitrogen and oxygen atoms in total. The number of esters is 1. The molecule has 0 atom stereocenters. The van der Waals surface area contributed by atoms with E-state index in [0.29, 0.717) is 17.9 Å². The molecule has 0 unspecified atom stereocenters. The molecule has 0 spiro atoms. The fourth-order valence-electron chi connectivity index (χ4n) is 1.66. The molecule has 0 aliphatic heterocycles. The summed E-state index contributed by atoms with van der Waals surface area (Å²) in [6, 6.07) is 6.80. The van der Waals surface area contributed by atoms with Crippen molar-refractivity contribution in [3.63, 3.8) is 0 Å². The molecule has 104 valence electrons. The van der Waals surface area contributed by atoms with E-state index in [1.165, 1.54) is 12.0 Å². The third-order valence-electron chi connectivity index (χ3n) is 2.67. The predicted molar refractivity (Wildman–Crippen MR) is 71.2 cm³/mol. The summed E-state index contributed by atoms with van der Waals surface area (Å²) in [5.41, 5.74) is 0.526. The van der Waals surface area contributed by atoms with E-state index in [1.807, 2.05) is 6.92 Å². The van der Waals surface area contributed by atoms with Crippen molar-refractivity contribution in [3.8, 4) is 5.75 Å². The smallest absolute Gasteiger partial charge is 0.325 e. The van der Waals surface area contributed by atoms with Gasteiger partial charge in [-0.1, -0.05) is 6.92 Å². The van der Waals surface area contributed by atoms with Crippen LogP contribution in [0.1, 0.15) is 23.7 Å². The summed E-state index contributed by atoms with van der Waals surface area (Å²) in [5, 5.41) is 0. The summed E-state index contributed by atoms with van der Waals surface area (Å²) < 4.78 is 9.64. The Labute approximate surface area is 113 Å². The molecule has 19 heavy (non-hydrogen) atoms. The summed E-state index contributed by atoms with van der Waals surface area (Å²) >= 11 is 0. The second-order valence-corrected chi connectivity index (χ2v) is 4.03. The Kier molecular flexibility index (Phi) is 5.85. The van der Waals surface area contributed by atoms with Gasteiger partial charge in [0.15, 0.2) is 0 Å². The van der Waals surface area contributed by atoms with Crippen molar-refractivity contribution in [3.05, 3.63) is 29.8 Å². The first-order valence-corrected chi connectivity index (χ1v) is 6.12. The zero-order chi connectivity index (χ0) is 14.3. The van der Waals surface area contributed by atoms with Crippen LogP contribution in [0.25, 0.3) is 0 Å². The Morgan fingerprint density at radius 1 is 1.16 bits per heavy atom. The lowest BCUT2D eigenvalue weighted by molar-refractivity contribution is -0.141. The molecule has 1 aromatic carbocycles. The Morgan fingerprint density at radius 3 is 2.26 bits per heavy atom. The highest BCUT2D eigenvalue weighted by Crippen LogP contribution is 2.13. The molecule has 0 saturated carbocycles. The summed E-state index contributed by atoms with van der Waals surface area (Å²) in [6.07, 6.45) is 0.777. The van der Waals surface area contributed by atoms with Gasteiger partial charge in [-0.3, -0.25) is 9.59 Å². The van der Waals surface area contributed by atoms with E-state index in [4.69, 9.17) is 4.74 Å². The van der Waals surface area contributed by atoms with Crippen LogP contribution in [0.15, 0.2) is 24.3 Å². The number of ether oxygens (including phenoxy) is 2. The van der Waals surface area contributed by atoms with E-state index in [0.717, 1.165) is 6.42 Å². The Hall–Kier alpha value is -2.04. The van der Waals surface area contributed by atoms with Gasteiger partial charge in [-0.2, -0.15) is 0 Å². The maximum Gasteiger partial charge on any atom is 0.325 e. The summed E-state index contributed by atoms with van der Waals surface area (Å²) in [5.74, 6) is 0.0803. The highest BCUT2D eigenvalue weighted by atomic mass is 16.5. The van der Waals surface area contributed by atoms with E-state index in [1.54, 1.807) is 31.4 Å². The third kappa shape index (κ3) is 4.28. The maximum atomic E-state index is 12.3. The number of benzene rings is 1. The van der Waals surface area contributed by atoms with E-state index in [-0.39, 0.29) is 12.5 Å². The first kappa shape index (κ1) is 15.0. The van der Waals surface area contributed by atoms with Crippen molar-refractivity contribution in [1.29, 1.82) is 0 Å². The number of carbonyl (C=O) groups is 2. The lowest BCUT2D eigenvalue weighted by Crippen LogP contribution is -2.36. The summed E-state index contributed by atoms with van der Waals surface area (Å²) in [6.45, 7) is 2.43. The van der Waals surface area contributed by atoms with E-state index in [9.17, 15) is 9.59 Å². The molecule has 0 radical (unpaired) electrons. The van der Waals surface area contributed by atoms with Crippen LogP contribution in [0, 0.1) is 0 Å². The van der Waals surface area contributed by atoms with E-state index >= 15 is 0 Å². The molecule has 0 aliphatic carbocycles. The molecule has 0 heterocycles. The molecule has 1 aromatic rings. The topological polar surface area (TPSA) is 55.8 Å². The van der Waals surface area contributed by atoms with Crippen LogP contribution in [0.5, 0.6) is 5.75 Å². The standard InChI is InChI=1S/C14H19NO4/c1-4-9-15(10-13(16)19-3)14(17)11-5-7-12(18-2)8-6-11/h5-8H,4,9-10H2,1-3H3. The van der Waals surface area contributed by atoms with Crippen molar-refractivity contribution in [2.45, 2.75) is 13.3 Å². The maximum absolute atomic E-state index is 12.3. The van der Waals surface area contributed by atoms with Gasteiger partial charge >= 0.3 is 5.97 Å². The number of hydrogen-bond donors (Lipinski definition) is 0. The van der Waals surface area contributed by atoms with Gasteiger partial charge in [-0.15, -0.1) is 0 Å². The third-order valence-corrected chi connectivity index (χ3v) is 2.67. The van der Waals surface area contributed by atoms with Crippen molar-refractivity contribution < 1.29 is 19.1 Å². The molecule has 0 bridgehead atoms. The highest BCUT2D eigenvalue weighted by Gasteiger charge is 2.18. The largest absolute Gasteiger partial charge is 0.497 e. The fraction of sp³-hybridized carbons (Fsp3) is 0.429. The molecule has 0 aromatic heterocycles. The molecular weight excluding hydrogens is 246 g/mol. The zero-order valence-corrected chi connectivity index (χ0v) is 11.5. The second kappa shape index (κ2) is 7.41. The number of carbonyl (C=O) groups excluding carboxylic acids is 2. The van der Waals surface area contributed by atoms with Gasteiger partial charge in [0.25, 0.3) is 5.91 Å². The normalized spacial score (nSPS) is 9.84. The lowest BCUT2D eigenvalue weighted by Gasteiger charge is -2.20. The summed E-state index contributed by atoms with van der Waals surface area (Å²) in [7, 11) is 2.88. The van der Waals surface area contributed by atoms with Crippen molar-refractivity contribution in [1.82, 2.24) is 4.90 Å². The van der Waals surface area contributed by atoms with Crippen LogP contribution in [-0.4, -0.2) is 44.1 Å². The van der Waals surface area contributed by atoms with E-state index < -0.39 is 5.97 Å². The molecule has 0 saturated heterocycles. The first-order chi connectivity index (χ1) is 9.12. The minimum Gasteiger partial charge on any atom is -0.497 e. The minimum absolute atomic E-state index is 0.0325. The summed E-state index contributed by atoms with van der Waals surface area (Å²) in [4.78, 5) is 25.0. The second-order valence-electron chi connectivity index (χ2n) is 4.03. The van der Waals surface area contributed by atoms with Crippen LogP contribution < -0.4 is 4.74 Å². The predicted octanol–water partition coefficient (Wildman–Crippen LogP) is 1.72. The lowest BCUT2D eigenvalue weighted by atomic mass is 10.2. The van der Waals surface area contributed by atoms with E-state index in [2.05, 4.69) is 4.74 Å². The number of amides is 1. The average molecular weight is 265 g/mol. The highest BCUT2D eigenvalue weighted by molar-refractivity contribution is 5.96. The van der Waals surface area contributed by atoms with Gasteiger partial charge in [0.1, 0.15) is 12.3 Å². The van der Waals surface area contributed by atoms with Crippen LogP contribution in [0.3, 0.4) is 0 Å². The molecule has 1 rings (SSSR count). The van der Waals surface area contributed by atoms with Crippen LogP contribution in [0.4, 0.5) is 0 Å². The van der Waals surface area contributed by atoms with Crippen molar-refractivity contribution in [2.75, 3.05) is 27.3 Å². The van der Waals surface area contributed by atoms with Crippen LogP contribution in [-0.2, 0) is 9.53 Å². The number of hydrogen-bond acceptors (Lipinski definition) is 4. The van der Waals surface area contributed by atoms with Gasteiger partial charge in [-0.25, -0.2) is 0 Å². The van der Waals surface area contributed by atoms with Crippen LogP contribution in [0.2, 0.25) is 0 Å². The van der Waals surface area contributed by atoms with Gasteiger partial charge in [0.05, 0.1) is 14.2 Å². The average Bonchev–Trinajstić information content (AvgIpc) is 2.46. The number of nitrogens with zero attached hydrogens (tertiary/aromatic N) is 1. The molecule has 0 aliphatic rings. The Morgan fingerprint density at radius 2 is 1.79 bits per heavy atom. The molecule has 1 amide bonds. The van der Waals surface area contributed by atoms with Gasteiger partial charge in [0, 0.05) is 12.1 Å². The molecular formula is C14H19NO4. The zero-order valence-electron chi connectivity index (χ0n) is 11.5. The monoisotopic (exact) mass is 265 g/mol. The fourth-order valence-corrected chi connectivity index (χ4v) is 1.66. The van der Waals surface area contributed by atoms with Gasteiger partial charge < -0.3 is 14.4 Å². The van der Waals surface area contributed by atoms with Crippen LogP contribution >= 0.6 is 0 Å².